The van der Waals surface area contributed by atoms with Crippen LogP contribution in [-0.4, -0.2) is 36.2 Å². The summed E-state index contributed by atoms with van der Waals surface area (Å²) < 4.78 is 53.2. The van der Waals surface area contributed by atoms with Crippen LogP contribution in [0.4, 0.5) is 0 Å². The van der Waals surface area contributed by atoms with Gasteiger partial charge in [-0.25, -0.2) is 0 Å². The Hall–Kier alpha value is -2.27. The van der Waals surface area contributed by atoms with Gasteiger partial charge in [-0.1, -0.05) is 66.9 Å². The number of amides is 1. The van der Waals surface area contributed by atoms with Crippen LogP contribution in [0.15, 0.2) is 82.2 Å². The standard InChI is InChI=1S/C19H15NO5S4/c21-19(15-10-4-5-11-16(15)26)20(28(22,23)14-8-2-1-3-9-14)29(24,25)18-13-7-6-12-17(18)27/h1-10,13H,11-12H2. The Kier molecular flexibility index (Phi) is 6.08. The van der Waals surface area contributed by atoms with Gasteiger partial charge in [-0.2, -0.15) is 16.8 Å². The van der Waals surface area contributed by atoms with Gasteiger partial charge in [0.25, 0.3) is 26.0 Å². The summed E-state index contributed by atoms with van der Waals surface area (Å²) in [7, 11) is -9.57. The Labute approximate surface area is 180 Å². The number of benzene rings is 1. The molecule has 0 spiro atoms. The molecule has 10 heteroatoms. The molecule has 3 rings (SSSR count). The van der Waals surface area contributed by atoms with Crippen molar-refractivity contribution in [2.75, 3.05) is 0 Å². The molecule has 0 saturated carbocycles. The van der Waals surface area contributed by atoms with E-state index >= 15 is 0 Å². The number of carbonyl (C=O) groups is 1. The summed E-state index contributed by atoms with van der Waals surface area (Å²) in [5.74, 6) is -1.23. The minimum atomic E-state index is -4.81. The highest BCUT2D eigenvalue weighted by Crippen LogP contribution is 2.29. The van der Waals surface area contributed by atoms with Crippen LogP contribution in [0, 0.1) is 0 Å². The van der Waals surface area contributed by atoms with Crippen molar-refractivity contribution in [3.8, 4) is 0 Å². The zero-order chi connectivity index (χ0) is 21.2. The lowest BCUT2D eigenvalue weighted by atomic mass is 10.0. The van der Waals surface area contributed by atoms with Crippen LogP contribution in [0.3, 0.4) is 0 Å². The third kappa shape index (κ3) is 4.06. The lowest BCUT2D eigenvalue weighted by molar-refractivity contribution is -0.119. The third-order valence-corrected chi connectivity index (χ3v) is 9.21. The van der Waals surface area contributed by atoms with E-state index in [0.717, 1.165) is 0 Å². The third-order valence-electron chi connectivity index (χ3n) is 4.12. The van der Waals surface area contributed by atoms with E-state index in [1.54, 1.807) is 18.2 Å². The molecule has 0 bridgehead atoms. The second-order valence-corrected chi connectivity index (χ2v) is 10.8. The molecule has 2 aliphatic rings. The molecule has 0 unspecified atom stereocenters. The topological polar surface area (TPSA) is 88.6 Å². The number of carbonyl (C=O) groups excluding carboxylic acids is 1. The highest BCUT2D eigenvalue weighted by Gasteiger charge is 2.44. The molecule has 150 valence electrons. The van der Waals surface area contributed by atoms with Gasteiger partial charge >= 0.3 is 0 Å². The fourth-order valence-electron chi connectivity index (χ4n) is 2.71. The van der Waals surface area contributed by atoms with E-state index in [-0.39, 0.29) is 36.7 Å². The van der Waals surface area contributed by atoms with Gasteiger partial charge < -0.3 is 0 Å². The lowest BCUT2D eigenvalue weighted by Gasteiger charge is -2.25. The Morgan fingerprint density at radius 3 is 2.00 bits per heavy atom. The Morgan fingerprint density at radius 1 is 0.828 bits per heavy atom. The van der Waals surface area contributed by atoms with Gasteiger partial charge in [0, 0.05) is 22.6 Å². The first kappa shape index (κ1) is 21.4. The van der Waals surface area contributed by atoms with E-state index in [1.165, 1.54) is 48.6 Å². The van der Waals surface area contributed by atoms with Gasteiger partial charge in [0.2, 0.25) is 0 Å². The SMILES string of the molecule is O=C(C1=CC=CCC1=S)N(S(=O)(=O)C1=CC=CCC1=S)S(=O)(=O)c1ccccc1. The number of thiocarbonyl (C=S) groups is 2. The monoisotopic (exact) mass is 465 g/mol. The van der Waals surface area contributed by atoms with Crippen molar-refractivity contribution in [1.82, 2.24) is 3.71 Å². The largest absolute Gasteiger partial charge is 0.283 e. The van der Waals surface area contributed by atoms with E-state index in [1.807, 2.05) is 0 Å². The van der Waals surface area contributed by atoms with Crippen LogP contribution < -0.4 is 0 Å². The number of nitrogens with zero attached hydrogens (tertiary/aromatic N) is 1. The maximum absolute atomic E-state index is 13.4. The van der Waals surface area contributed by atoms with Gasteiger partial charge in [-0.05, 0) is 24.3 Å². The lowest BCUT2D eigenvalue weighted by Crippen LogP contribution is -2.45. The number of rotatable bonds is 5. The van der Waals surface area contributed by atoms with E-state index in [4.69, 9.17) is 24.4 Å². The molecule has 0 N–H and O–H groups in total. The molecule has 0 radical (unpaired) electrons. The molecule has 0 saturated heterocycles. The van der Waals surface area contributed by atoms with Gasteiger partial charge in [0.1, 0.15) is 4.91 Å². The molecule has 0 atom stereocenters. The summed E-state index contributed by atoms with van der Waals surface area (Å²) in [4.78, 5) is 12.6. The van der Waals surface area contributed by atoms with Gasteiger partial charge in [-0.15, -0.1) is 3.71 Å². The predicted octanol–water partition coefficient (Wildman–Crippen LogP) is 3.00. The first-order valence-corrected chi connectivity index (χ1v) is 12.1. The molecule has 0 heterocycles. The van der Waals surface area contributed by atoms with Gasteiger partial charge in [-0.3, -0.25) is 4.79 Å². The smallest absolute Gasteiger partial charge is 0.267 e. The molecule has 29 heavy (non-hydrogen) atoms. The Balaban J connectivity index is 2.24. The van der Waals surface area contributed by atoms with Crippen LogP contribution in [0.25, 0.3) is 0 Å². The minimum Gasteiger partial charge on any atom is -0.267 e. The normalized spacial score (nSPS) is 17.0. The number of sulfonamides is 2. The zero-order valence-corrected chi connectivity index (χ0v) is 18.2. The fourth-order valence-corrected chi connectivity index (χ4v) is 7.10. The van der Waals surface area contributed by atoms with Crippen molar-refractivity contribution in [2.45, 2.75) is 17.7 Å². The summed E-state index contributed by atoms with van der Waals surface area (Å²) in [6.07, 6.45) is 9.19. The first-order chi connectivity index (χ1) is 13.7. The van der Waals surface area contributed by atoms with Gasteiger partial charge in [0.05, 0.1) is 10.5 Å². The summed E-state index contributed by atoms with van der Waals surface area (Å²) >= 11 is 10.3. The number of hydrogen-bond acceptors (Lipinski definition) is 7. The molecule has 1 amide bonds. The molecular weight excluding hydrogens is 450 g/mol. The zero-order valence-electron chi connectivity index (χ0n) is 14.9. The van der Waals surface area contributed by atoms with Crippen molar-refractivity contribution in [2.24, 2.45) is 0 Å². The van der Waals surface area contributed by atoms with Gasteiger partial charge in [0.15, 0.2) is 0 Å². The average molecular weight is 466 g/mol. The van der Waals surface area contributed by atoms with Crippen molar-refractivity contribution >= 4 is 60.1 Å². The highest BCUT2D eigenvalue weighted by molar-refractivity contribution is 8.08. The second-order valence-electron chi connectivity index (χ2n) is 6.05. The molecule has 1 aromatic rings. The fraction of sp³-hybridized carbons (Fsp3) is 0.105. The first-order valence-electron chi connectivity index (χ1n) is 8.37. The van der Waals surface area contributed by atoms with Crippen LogP contribution >= 0.6 is 24.4 Å². The van der Waals surface area contributed by atoms with Crippen LogP contribution in [-0.2, 0) is 24.8 Å². The van der Waals surface area contributed by atoms with E-state index in [9.17, 15) is 21.6 Å². The Morgan fingerprint density at radius 2 is 1.41 bits per heavy atom. The summed E-state index contributed by atoms with van der Waals surface area (Å²) in [6.45, 7) is 0. The predicted molar refractivity (Wildman–Crippen MR) is 118 cm³/mol. The maximum Gasteiger partial charge on any atom is 0.283 e. The summed E-state index contributed by atoms with van der Waals surface area (Å²) in [5.41, 5.74) is -0.163. The molecule has 0 aromatic heterocycles. The molecule has 2 aliphatic carbocycles. The molecular formula is C19H15NO5S4. The molecule has 6 nitrogen and oxygen atoms in total. The van der Waals surface area contributed by atoms with Crippen LogP contribution in [0.2, 0.25) is 0 Å². The van der Waals surface area contributed by atoms with Crippen LogP contribution in [0.1, 0.15) is 12.8 Å². The molecule has 0 fully saturated rings. The maximum atomic E-state index is 13.4. The van der Waals surface area contributed by atoms with Crippen molar-refractivity contribution in [3.05, 3.63) is 77.3 Å². The van der Waals surface area contributed by atoms with Crippen molar-refractivity contribution in [1.29, 1.82) is 0 Å². The van der Waals surface area contributed by atoms with Crippen molar-refractivity contribution in [3.63, 3.8) is 0 Å². The highest BCUT2D eigenvalue weighted by atomic mass is 32.3. The second kappa shape index (κ2) is 8.23. The van der Waals surface area contributed by atoms with E-state index < -0.39 is 30.9 Å². The van der Waals surface area contributed by atoms with E-state index in [0.29, 0.717) is 0 Å². The number of allylic oxidation sites excluding steroid dienone is 7. The Bertz CT molecular complexity index is 1220. The molecule has 0 aliphatic heterocycles. The minimum absolute atomic E-state index is 0.0219. The number of hydrogen-bond donors (Lipinski definition) is 0. The molecule has 1 aromatic carbocycles. The van der Waals surface area contributed by atoms with Crippen LogP contribution in [0.5, 0.6) is 0 Å². The van der Waals surface area contributed by atoms with Crippen molar-refractivity contribution < 1.29 is 21.6 Å². The summed E-state index contributed by atoms with van der Waals surface area (Å²) in [6, 6.07) is 6.87. The van der Waals surface area contributed by atoms with E-state index in [2.05, 4.69) is 0 Å². The summed E-state index contributed by atoms with van der Waals surface area (Å²) in [5, 5.41) is 0. The quantitative estimate of drug-likeness (QED) is 0.618. The average Bonchev–Trinajstić information content (AvgIpc) is 2.69.